The molecule has 21 heavy (non-hydrogen) atoms. The topological polar surface area (TPSA) is 31.4 Å². The van der Waals surface area contributed by atoms with Crippen LogP contribution in [0.25, 0.3) is 0 Å². The summed E-state index contributed by atoms with van der Waals surface area (Å²) >= 11 is 0. The van der Waals surface area contributed by atoms with Gasteiger partial charge in [0.2, 0.25) is 0 Å². The number of rotatable bonds is 5. The number of hydrogen-bond donors (Lipinski definition) is 1. The molecule has 2 aliphatic heterocycles. The second-order valence-corrected chi connectivity index (χ2v) is 6.46. The molecule has 116 valence electrons. The van der Waals surface area contributed by atoms with Crippen molar-refractivity contribution >= 4 is 0 Å². The molecule has 1 aromatic rings. The summed E-state index contributed by atoms with van der Waals surface area (Å²) in [5, 5.41) is 3.16. The summed E-state index contributed by atoms with van der Waals surface area (Å²) in [7, 11) is 1.97. The highest BCUT2D eigenvalue weighted by Gasteiger charge is 2.28. The number of nitrogens with one attached hydrogen (secondary N) is 1. The Balaban J connectivity index is 1.49. The zero-order valence-corrected chi connectivity index (χ0v) is 13.2. The van der Waals surface area contributed by atoms with Crippen LogP contribution < -0.4 is 5.32 Å². The van der Waals surface area contributed by atoms with Gasteiger partial charge in [0.05, 0.1) is 5.69 Å². The Morgan fingerprint density at radius 1 is 1.19 bits per heavy atom. The largest absolute Gasteiger partial charge is 0.316 e. The lowest BCUT2D eigenvalue weighted by atomic mass is 10.1. The molecule has 0 aromatic carbocycles. The van der Waals surface area contributed by atoms with Gasteiger partial charge in [-0.05, 0) is 51.0 Å². The van der Waals surface area contributed by atoms with Gasteiger partial charge in [-0.15, -0.1) is 0 Å². The summed E-state index contributed by atoms with van der Waals surface area (Å²) in [6, 6.07) is 5.16. The number of piperidine rings is 1. The fourth-order valence-corrected chi connectivity index (χ4v) is 3.62. The maximum atomic E-state index is 4.60. The van der Waals surface area contributed by atoms with E-state index in [0.717, 1.165) is 19.1 Å². The van der Waals surface area contributed by atoms with E-state index >= 15 is 0 Å². The zero-order chi connectivity index (χ0) is 14.5. The lowest BCUT2D eigenvalue weighted by molar-refractivity contribution is 0.161. The smallest absolute Gasteiger partial charge is 0.0544 e. The molecule has 0 amide bonds. The molecule has 0 saturated carbocycles. The summed E-state index contributed by atoms with van der Waals surface area (Å²) in [5.74, 6) is 0. The molecule has 1 atom stereocenters. The van der Waals surface area contributed by atoms with Gasteiger partial charge in [0, 0.05) is 38.4 Å². The number of likely N-dealkylation sites (tertiary alicyclic amines) is 2. The van der Waals surface area contributed by atoms with Crippen LogP contribution in [0.5, 0.6) is 0 Å². The molecule has 3 heterocycles. The van der Waals surface area contributed by atoms with Crippen LogP contribution >= 0.6 is 0 Å². The lowest BCUT2D eigenvalue weighted by Crippen LogP contribution is -2.40. The molecule has 2 fully saturated rings. The van der Waals surface area contributed by atoms with Gasteiger partial charge >= 0.3 is 0 Å². The van der Waals surface area contributed by atoms with E-state index in [0.29, 0.717) is 0 Å². The Bertz CT molecular complexity index is 425. The first-order chi connectivity index (χ1) is 10.3. The van der Waals surface area contributed by atoms with E-state index in [9.17, 15) is 0 Å². The molecule has 4 heteroatoms. The quantitative estimate of drug-likeness (QED) is 0.896. The van der Waals surface area contributed by atoms with Gasteiger partial charge in [-0.1, -0.05) is 12.5 Å². The molecule has 0 aliphatic carbocycles. The SMILES string of the molecule is CNCc1ccc(CN2CCC(N3CCCCC3)C2)nc1. The van der Waals surface area contributed by atoms with Crippen LogP contribution in [0, 0.1) is 0 Å². The fraction of sp³-hybridized carbons (Fsp3) is 0.706. The molecule has 2 saturated heterocycles. The number of pyridine rings is 1. The highest BCUT2D eigenvalue weighted by molar-refractivity contribution is 5.14. The highest BCUT2D eigenvalue weighted by atomic mass is 15.3. The molecule has 2 aliphatic rings. The second kappa shape index (κ2) is 7.34. The van der Waals surface area contributed by atoms with Crippen molar-refractivity contribution < 1.29 is 0 Å². The summed E-state index contributed by atoms with van der Waals surface area (Å²) in [5.41, 5.74) is 2.46. The summed E-state index contributed by atoms with van der Waals surface area (Å²) < 4.78 is 0. The van der Waals surface area contributed by atoms with E-state index in [2.05, 4.69) is 32.2 Å². The van der Waals surface area contributed by atoms with Crippen molar-refractivity contribution in [2.24, 2.45) is 0 Å². The van der Waals surface area contributed by atoms with E-state index in [1.165, 1.54) is 63.1 Å². The standard InChI is InChI=1S/C17H28N4/c1-18-11-15-5-6-16(19-12-15)13-20-10-7-17(14-20)21-8-3-2-4-9-21/h5-6,12,17-18H,2-4,7-11,13-14H2,1H3. The minimum atomic E-state index is 0.786. The van der Waals surface area contributed by atoms with Crippen LogP contribution in [0.15, 0.2) is 18.3 Å². The molecule has 1 N–H and O–H groups in total. The van der Waals surface area contributed by atoms with Gasteiger partial charge in [-0.25, -0.2) is 0 Å². The monoisotopic (exact) mass is 288 g/mol. The van der Waals surface area contributed by atoms with Crippen LogP contribution in [0.1, 0.15) is 36.9 Å². The molecule has 1 unspecified atom stereocenters. The van der Waals surface area contributed by atoms with Crippen molar-refractivity contribution in [2.75, 3.05) is 33.2 Å². The van der Waals surface area contributed by atoms with E-state index in [-0.39, 0.29) is 0 Å². The maximum Gasteiger partial charge on any atom is 0.0544 e. The van der Waals surface area contributed by atoms with Crippen molar-refractivity contribution in [1.29, 1.82) is 0 Å². The van der Waals surface area contributed by atoms with Crippen molar-refractivity contribution in [1.82, 2.24) is 20.1 Å². The third-order valence-electron chi connectivity index (χ3n) is 4.81. The molecule has 0 radical (unpaired) electrons. The van der Waals surface area contributed by atoms with E-state index in [1.807, 2.05) is 13.2 Å². The first-order valence-electron chi connectivity index (χ1n) is 8.40. The van der Waals surface area contributed by atoms with Gasteiger partial charge < -0.3 is 5.32 Å². The van der Waals surface area contributed by atoms with Crippen molar-refractivity contribution in [3.8, 4) is 0 Å². The molecule has 0 bridgehead atoms. The zero-order valence-electron chi connectivity index (χ0n) is 13.2. The average Bonchev–Trinajstić information content (AvgIpc) is 2.99. The van der Waals surface area contributed by atoms with Gasteiger partial charge in [0.1, 0.15) is 0 Å². The first kappa shape index (κ1) is 14.9. The Morgan fingerprint density at radius 3 is 2.76 bits per heavy atom. The molecule has 3 rings (SSSR count). The molecule has 4 nitrogen and oxygen atoms in total. The summed E-state index contributed by atoms with van der Waals surface area (Å²) in [6.45, 7) is 6.98. The minimum Gasteiger partial charge on any atom is -0.316 e. The number of nitrogens with zero attached hydrogens (tertiary/aromatic N) is 3. The Hall–Kier alpha value is -0.970. The molecular formula is C17H28N4. The maximum absolute atomic E-state index is 4.60. The van der Waals surface area contributed by atoms with Gasteiger partial charge in [0.25, 0.3) is 0 Å². The van der Waals surface area contributed by atoms with Gasteiger partial charge in [0.15, 0.2) is 0 Å². The number of aromatic nitrogens is 1. The molecule has 1 aromatic heterocycles. The molecular weight excluding hydrogens is 260 g/mol. The normalized spacial score (nSPS) is 24.5. The van der Waals surface area contributed by atoms with Crippen molar-refractivity contribution in [2.45, 2.75) is 44.8 Å². The highest BCUT2D eigenvalue weighted by Crippen LogP contribution is 2.21. The first-order valence-corrected chi connectivity index (χ1v) is 8.40. The Labute approximate surface area is 128 Å². The average molecular weight is 288 g/mol. The second-order valence-electron chi connectivity index (χ2n) is 6.46. The fourth-order valence-electron chi connectivity index (χ4n) is 3.62. The minimum absolute atomic E-state index is 0.786. The lowest BCUT2D eigenvalue weighted by Gasteiger charge is -2.32. The summed E-state index contributed by atoms with van der Waals surface area (Å²) in [4.78, 5) is 9.89. The van der Waals surface area contributed by atoms with Crippen molar-refractivity contribution in [3.05, 3.63) is 29.6 Å². The van der Waals surface area contributed by atoms with E-state index in [4.69, 9.17) is 0 Å². The third-order valence-corrected chi connectivity index (χ3v) is 4.81. The van der Waals surface area contributed by atoms with Crippen LogP contribution in [-0.4, -0.2) is 54.1 Å². The van der Waals surface area contributed by atoms with E-state index < -0.39 is 0 Å². The van der Waals surface area contributed by atoms with Crippen LogP contribution in [-0.2, 0) is 13.1 Å². The Kier molecular flexibility index (Phi) is 5.22. The summed E-state index contributed by atoms with van der Waals surface area (Å²) in [6.07, 6.45) is 7.55. The van der Waals surface area contributed by atoms with E-state index in [1.54, 1.807) is 0 Å². The van der Waals surface area contributed by atoms with Crippen LogP contribution in [0.4, 0.5) is 0 Å². The van der Waals surface area contributed by atoms with Crippen LogP contribution in [0.2, 0.25) is 0 Å². The predicted molar refractivity (Wildman–Crippen MR) is 86.1 cm³/mol. The number of hydrogen-bond acceptors (Lipinski definition) is 4. The predicted octanol–water partition coefficient (Wildman–Crippen LogP) is 1.86. The Morgan fingerprint density at radius 2 is 2.05 bits per heavy atom. The van der Waals surface area contributed by atoms with Gasteiger partial charge in [-0.3, -0.25) is 14.8 Å². The van der Waals surface area contributed by atoms with Crippen LogP contribution in [0.3, 0.4) is 0 Å². The van der Waals surface area contributed by atoms with Gasteiger partial charge in [-0.2, -0.15) is 0 Å². The third kappa shape index (κ3) is 4.02. The van der Waals surface area contributed by atoms with Crippen molar-refractivity contribution in [3.63, 3.8) is 0 Å². The molecule has 0 spiro atoms.